The predicted molar refractivity (Wildman–Crippen MR) is 73.3 cm³/mol. The molecule has 0 aliphatic carbocycles. The fourth-order valence-electron chi connectivity index (χ4n) is 1.62. The van der Waals surface area contributed by atoms with Gasteiger partial charge >= 0.3 is 0 Å². The summed E-state index contributed by atoms with van der Waals surface area (Å²) in [6, 6.07) is 5.30. The van der Waals surface area contributed by atoms with Crippen LogP contribution in [0.4, 0.5) is 5.69 Å². The molecule has 5 nitrogen and oxygen atoms in total. The summed E-state index contributed by atoms with van der Waals surface area (Å²) >= 11 is 0. The van der Waals surface area contributed by atoms with Gasteiger partial charge < -0.3 is 4.98 Å². The lowest BCUT2D eigenvalue weighted by molar-refractivity contribution is 0.602. The van der Waals surface area contributed by atoms with Crippen LogP contribution in [0.1, 0.15) is 32.5 Å². The molecule has 2 rings (SSSR count). The molecule has 6 heteroatoms. The fraction of sp³-hybridized carbons (Fsp3) is 0.417. The van der Waals surface area contributed by atoms with Crippen LogP contribution in [0, 0.1) is 0 Å². The third kappa shape index (κ3) is 2.64. The second-order valence-corrected chi connectivity index (χ2v) is 6.53. The molecule has 0 amide bonds. The first kappa shape index (κ1) is 12.9. The zero-order valence-electron chi connectivity index (χ0n) is 10.7. The van der Waals surface area contributed by atoms with Gasteiger partial charge in [-0.05, 0) is 25.1 Å². The largest absolute Gasteiger partial charge is 0.342 e. The number of nitrogens with zero attached hydrogens (tertiary/aromatic N) is 1. The molecule has 0 bridgehead atoms. The molecule has 0 fully saturated rings. The van der Waals surface area contributed by atoms with Gasteiger partial charge in [0.1, 0.15) is 5.82 Å². The SMILES string of the molecule is CCS(=O)(=O)Nc1ccc2nc(C(C)C)[nH]c2c1. The third-order valence-corrected chi connectivity index (χ3v) is 4.01. The number of fused-ring (bicyclic) bond motifs is 1. The van der Waals surface area contributed by atoms with Gasteiger partial charge in [0.2, 0.25) is 10.0 Å². The zero-order valence-corrected chi connectivity index (χ0v) is 11.5. The lowest BCUT2D eigenvalue weighted by Crippen LogP contribution is -2.14. The molecule has 1 aromatic carbocycles. The molecule has 2 aromatic rings. The Kier molecular flexibility index (Phi) is 3.30. The monoisotopic (exact) mass is 267 g/mol. The third-order valence-electron chi connectivity index (χ3n) is 2.70. The molecular formula is C12H17N3O2S. The molecule has 0 aliphatic rings. The minimum Gasteiger partial charge on any atom is -0.342 e. The molecular weight excluding hydrogens is 250 g/mol. The van der Waals surface area contributed by atoms with Gasteiger partial charge in [-0.2, -0.15) is 0 Å². The molecule has 0 saturated heterocycles. The van der Waals surface area contributed by atoms with Crippen molar-refractivity contribution in [3.8, 4) is 0 Å². The lowest BCUT2D eigenvalue weighted by atomic mass is 10.2. The summed E-state index contributed by atoms with van der Waals surface area (Å²) < 4.78 is 25.5. The maximum absolute atomic E-state index is 11.5. The van der Waals surface area contributed by atoms with Crippen LogP contribution in [0.5, 0.6) is 0 Å². The van der Waals surface area contributed by atoms with Crippen molar-refractivity contribution >= 4 is 26.7 Å². The fourth-order valence-corrected chi connectivity index (χ4v) is 2.25. The maximum atomic E-state index is 11.5. The van der Waals surface area contributed by atoms with Crippen molar-refractivity contribution in [3.63, 3.8) is 0 Å². The summed E-state index contributed by atoms with van der Waals surface area (Å²) in [6.07, 6.45) is 0. The van der Waals surface area contributed by atoms with E-state index in [2.05, 4.69) is 28.5 Å². The summed E-state index contributed by atoms with van der Waals surface area (Å²) in [5, 5.41) is 0. The number of anilines is 1. The van der Waals surface area contributed by atoms with E-state index in [-0.39, 0.29) is 5.75 Å². The van der Waals surface area contributed by atoms with Gasteiger partial charge in [0, 0.05) is 5.92 Å². The number of sulfonamides is 1. The lowest BCUT2D eigenvalue weighted by Gasteiger charge is -2.05. The number of hydrogen-bond donors (Lipinski definition) is 2. The molecule has 0 unspecified atom stereocenters. The van der Waals surface area contributed by atoms with Crippen molar-refractivity contribution in [1.29, 1.82) is 0 Å². The Morgan fingerprint density at radius 2 is 2.11 bits per heavy atom. The van der Waals surface area contributed by atoms with E-state index in [1.807, 2.05) is 6.07 Å². The zero-order chi connectivity index (χ0) is 13.3. The Bertz CT molecular complexity index is 659. The second kappa shape index (κ2) is 4.61. The van der Waals surface area contributed by atoms with E-state index < -0.39 is 10.0 Å². The van der Waals surface area contributed by atoms with E-state index >= 15 is 0 Å². The highest BCUT2D eigenvalue weighted by atomic mass is 32.2. The highest BCUT2D eigenvalue weighted by Gasteiger charge is 2.10. The average Bonchev–Trinajstić information content (AvgIpc) is 2.71. The molecule has 0 saturated carbocycles. The van der Waals surface area contributed by atoms with Gasteiger partial charge in [-0.3, -0.25) is 4.72 Å². The predicted octanol–water partition coefficient (Wildman–Crippen LogP) is 2.45. The van der Waals surface area contributed by atoms with E-state index in [1.54, 1.807) is 19.1 Å². The number of nitrogens with one attached hydrogen (secondary N) is 2. The number of benzene rings is 1. The van der Waals surface area contributed by atoms with E-state index in [9.17, 15) is 8.42 Å². The van der Waals surface area contributed by atoms with Crippen molar-refractivity contribution in [2.45, 2.75) is 26.7 Å². The van der Waals surface area contributed by atoms with Gasteiger partial charge in [0.15, 0.2) is 0 Å². The van der Waals surface area contributed by atoms with Crippen LogP contribution in [-0.4, -0.2) is 24.1 Å². The number of imidazole rings is 1. The summed E-state index contributed by atoms with van der Waals surface area (Å²) in [7, 11) is -3.24. The first-order valence-corrected chi connectivity index (χ1v) is 7.56. The van der Waals surface area contributed by atoms with Crippen LogP contribution >= 0.6 is 0 Å². The first-order valence-electron chi connectivity index (χ1n) is 5.91. The maximum Gasteiger partial charge on any atom is 0.232 e. The number of H-pyrrole nitrogens is 1. The van der Waals surface area contributed by atoms with Crippen LogP contribution in [-0.2, 0) is 10.0 Å². The summed E-state index contributed by atoms with van der Waals surface area (Å²) in [6.45, 7) is 5.71. The Balaban J connectivity index is 2.38. The van der Waals surface area contributed by atoms with E-state index in [0.717, 1.165) is 16.9 Å². The summed E-state index contributed by atoms with van der Waals surface area (Å²) in [5.41, 5.74) is 2.25. The number of aromatic amines is 1. The molecule has 0 atom stereocenters. The quantitative estimate of drug-likeness (QED) is 0.893. The minimum absolute atomic E-state index is 0.0608. The van der Waals surface area contributed by atoms with Crippen molar-refractivity contribution in [2.75, 3.05) is 10.5 Å². The van der Waals surface area contributed by atoms with E-state index in [4.69, 9.17) is 0 Å². The summed E-state index contributed by atoms with van der Waals surface area (Å²) in [5.74, 6) is 1.28. The molecule has 1 aromatic heterocycles. The topological polar surface area (TPSA) is 74.8 Å². The molecule has 1 heterocycles. The Hall–Kier alpha value is -1.56. The van der Waals surface area contributed by atoms with Crippen molar-refractivity contribution < 1.29 is 8.42 Å². The van der Waals surface area contributed by atoms with Crippen LogP contribution in [0.15, 0.2) is 18.2 Å². The van der Waals surface area contributed by atoms with Gasteiger partial charge in [0.25, 0.3) is 0 Å². The molecule has 18 heavy (non-hydrogen) atoms. The van der Waals surface area contributed by atoms with E-state index in [0.29, 0.717) is 11.6 Å². The Morgan fingerprint density at radius 3 is 2.72 bits per heavy atom. The standard InChI is InChI=1S/C12H17N3O2S/c1-4-18(16,17)15-9-5-6-10-11(7-9)14-12(13-10)8(2)3/h5-8,15H,4H2,1-3H3,(H,13,14). The minimum atomic E-state index is -3.24. The number of rotatable bonds is 4. The molecule has 2 N–H and O–H groups in total. The van der Waals surface area contributed by atoms with Gasteiger partial charge in [-0.25, -0.2) is 13.4 Å². The van der Waals surface area contributed by atoms with Crippen LogP contribution in [0.25, 0.3) is 11.0 Å². The van der Waals surface area contributed by atoms with Crippen molar-refractivity contribution in [2.24, 2.45) is 0 Å². The van der Waals surface area contributed by atoms with Crippen LogP contribution < -0.4 is 4.72 Å². The van der Waals surface area contributed by atoms with Crippen molar-refractivity contribution in [1.82, 2.24) is 9.97 Å². The molecule has 0 aliphatic heterocycles. The van der Waals surface area contributed by atoms with Gasteiger partial charge in [-0.1, -0.05) is 13.8 Å². The van der Waals surface area contributed by atoms with Crippen LogP contribution in [0.3, 0.4) is 0 Å². The highest BCUT2D eigenvalue weighted by molar-refractivity contribution is 7.92. The molecule has 0 radical (unpaired) electrons. The van der Waals surface area contributed by atoms with Crippen LogP contribution in [0.2, 0.25) is 0 Å². The normalized spacial score (nSPS) is 12.2. The van der Waals surface area contributed by atoms with Crippen molar-refractivity contribution in [3.05, 3.63) is 24.0 Å². The second-order valence-electron chi connectivity index (χ2n) is 4.51. The number of aromatic nitrogens is 2. The smallest absolute Gasteiger partial charge is 0.232 e. The first-order chi connectivity index (χ1) is 8.41. The summed E-state index contributed by atoms with van der Waals surface area (Å²) in [4.78, 5) is 7.63. The van der Waals surface area contributed by atoms with Gasteiger partial charge in [-0.15, -0.1) is 0 Å². The molecule has 98 valence electrons. The van der Waals surface area contributed by atoms with E-state index in [1.165, 1.54) is 0 Å². The molecule has 0 spiro atoms. The number of hydrogen-bond acceptors (Lipinski definition) is 3. The Labute approximate surface area is 107 Å². The highest BCUT2D eigenvalue weighted by Crippen LogP contribution is 2.21. The van der Waals surface area contributed by atoms with Gasteiger partial charge in [0.05, 0.1) is 22.5 Å². The Morgan fingerprint density at radius 1 is 1.39 bits per heavy atom. The average molecular weight is 267 g/mol.